The standard InChI is InChI=1S/C12H20N2O2S/c1-8(15)5-6-13-11(16)9-10(12(2,3)4)14-7-17-9/h7-8,15H,5-6H2,1-4H3,(H,13,16). The summed E-state index contributed by atoms with van der Waals surface area (Å²) >= 11 is 1.36. The van der Waals surface area contributed by atoms with Gasteiger partial charge in [-0.15, -0.1) is 11.3 Å². The molecule has 0 aromatic carbocycles. The van der Waals surface area contributed by atoms with E-state index in [-0.39, 0.29) is 17.4 Å². The zero-order valence-corrected chi connectivity index (χ0v) is 11.6. The van der Waals surface area contributed by atoms with Gasteiger partial charge in [0.1, 0.15) is 4.88 Å². The largest absolute Gasteiger partial charge is 0.393 e. The molecule has 0 fully saturated rings. The molecule has 1 aromatic heterocycles. The van der Waals surface area contributed by atoms with Crippen LogP contribution in [-0.2, 0) is 5.41 Å². The molecule has 1 rings (SSSR count). The van der Waals surface area contributed by atoms with Gasteiger partial charge in [-0.05, 0) is 13.3 Å². The van der Waals surface area contributed by atoms with Crippen molar-refractivity contribution in [1.29, 1.82) is 0 Å². The van der Waals surface area contributed by atoms with Gasteiger partial charge in [0.05, 0.1) is 17.3 Å². The lowest BCUT2D eigenvalue weighted by atomic mass is 9.91. The number of aromatic nitrogens is 1. The molecule has 0 aliphatic carbocycles. The predicted molar refractivity (Wildman–Crippen MR) is 69.4 cm³/mol. The van der Waals surface area contributed by atoms with Crippen LogP contribution in [0, 0.1) is 0 Å². The van der Waals surface area contributed by atoms with E-state index in [0.29, 0.717) is 17.8 Å². The van der Waals surface area contributed by atoms with Crippen LogP contribution in [0.3, 0.4) is 0 Å². The number of hydrogen-bond donors (Lipinski definition) is 2. The summed E-state index contributed by atoms with van der Waals surface area (Å²) < 4.78 is 0. The molecule has 0 radical (unpaired) electrons. The first-order valence-electron chi connectivity index (χ1n) is 5.72. The van der Waals surface area contributed by atoms with Crippen molar-refractivity contribution in [3.63, 3.8) is 0 Å². The van der Waals surface area contributed by atoms with Crippen LogP contribution in [0.1, 0.15) is 49.5 Å². The van der Waals surface area contributed by atoms with Gasteiger partial charge in [-0.3, -0.25) is 4.79 Å². The average Bonchev–Trinajstić information content (AvgIpc) is 2.64. The van der Waals surface area contributed by atoms with Gasteiger partial charge in [0.25, 0.3) is 5.91 Å². The number of nitrogens with zero attached hydrogens (tertiary/aromatic N) is 1. The van der Waals surface area contributed by atoms with Gasteiger partial charge in [-0.2, -0.15) is 0 Å². The normalized spacial score (nSPS) is 13.5. The topological polar surface area (TPSA) is 62.2 Å². The monoisotopic (exact) mass is 256 g/mol. The second-order valence-electron chi connectivity index (χ2n) is 5.17. The van der Waals surface area contributed by atoms with Crippen molar-refractivity contribution in [3.8, 4) is 0 Å². The molecule has 1 amide bonds. The average molecular weight is 256 g/mol. The molecule has 4 nitrogen and oxygen atoms in total. The van der Waals surface area contributed by atoms with Crippen molar-refractivity contribution in [2.45, 2.75) is 45.6 Å². The van der Waals surface area contributed by atoms with Gasteiger partial charge in [0.2, 0.25) is 0 Å². The molecule has 1 aromatic rings. The first kappa shape index (κ1) is 14.1. The highest BCUT2D eigenvalue weighted by Gasteiger charge is 2.24. The molecule has 0 aliphatic rings. The zero-order valence-electron chi connectivity index (χ0n) is 10.8. The summed E-state index contributed by atoms with van der Waals surface area (Å²) in [7, 11) is 0. The molecule has 0 bridgehead atoms. The second-order valence-corrected chi connectivity index (χ2v) is 6.03. The van der Waals surface area contributed by atoms with Crippen molar-refractivity contribution in [2.75, 3.05) is 6.54 Å². The Labute approximate surface area is 106 Å². The summed E-state index contributed by atoms with van der Waals surface area (Å²) in [4.78, 5) is 16.9. The van der Waals surface area contributed by atoms with E-state index in [1.807, 2.05) is 20.8 Å². The number of rotatable bonds is 4. The summed E-state index contributed by atoms with van der Waals surface area (Å²) in [5, 5.41) is 11.9. The lowest BCUT2D eigenvalue weighted by Crippen LogP contribution is -2.28. The number of aliphatic hydroxyl groups is 1. The lowest BCUT2D eigenvalue weighted by molar-refractivity contribution is 0.0947. The number of carbonyl (C=O) groups excluding carboxylic acids is 1. The number of nitrogens with one attached hydrogen (secondary N) is 1. The molecular formula is C12H20N2O2S. The third-order valence-electron chi connectivity index (χ3n) is 2.33. The van der Waals surface area contributed by atoms with Crippen LogP contribution in [0.5, 0.6) is 0 Å². The van der Waals surface area contributed by atoms with Gasteiger partial charge in [0, 0.05) is 12.0 Å². The number of amides is 1. The maximum absolute atomic E-state index is 11.9. The quantitative estimate of drug-likeness (QED) is 0.865. The molecule has 2 N–H and O–H groups in total. The highest BCUT2D eigenvalue weighted by molar-refractivity contribution is 7.11. The van der Waals surface area contributed by atoms with E-state index >= 15 is 0 Å². The predicted octanol–water partition coefficient (Wildman–Crippen LogP) is 1.94. The maximum atomic E-state index is 11.9. The van der Waals surface area contributed by atoms with Crippen molar-refractivity contribution < 1.29 is 9.90 Å². The highest BCUT2D eigenvalue weighted by atomic mass is 32.1. The number of aliphatic hydroxyl groups excluding tert-OH is 1. The van der Waals surface area contributed by atoms with E-state index in [0.717, 1.165) is 5.69 Å². The molecule has 96 valence electrons. The van der Waals surface area contributed by atoms with Crippen molar-refractivity contribution in [2.24, 2.45) is 0 Å². The van der Waals surface area contributed by atoms with E-state index < -0.39 is 0 Å². The Hall–Kier alpha value is -0.940. The van der Waals surface area contributed by atoms with E-state index in [9.17, 15) is 4.79 Å². The van der Waals surface area contributed by atoms with Gasteiger partial charge in [0.15, 0.2) is 0 Å². The molecule has 0 saturated heterocycles. The summed E-state index contributed by atoms with van der Waals surface area (Å²) in [6.45, 7) is 8.30. The Balaban J connectivity index is 2.67. The van der Waals surface area contributed by atoms with Crippen LogP contribution in [0.4, 0.5) is 0 Å². The zero-order chi connectivity index (χ0) is 13.1. The number of hydrogen-bond acceptors (Lipinski definition) is 4. The van der Waals surface area contributed by atoms with E-state index in [4.69, 9.17) is 5.11 Å². The minimum Gasteiger partial charge on any atom is -0.393 e. The second kappa shape index (κ2) is 5.60. The molecule has 1 atom stereocenters. The molecule has 5 heteroatoms. The Morgan fingerprint density at radius 1 is 1.59 bits per heavy atom. The summed E-state index contributed by atoms with van der Waals surface area (Å²) in [6, 6.07) is 0. The van der Waals surface area contributed by atoms with Crippen LogP contribution in [0.15, 0.2) is 5.51 Å². The van der Waals surface area contributed by atoms with Gasteiger partial charge in [-0.25, -0.2) is 4.98 Å². The summed E-state index contributed by atoms with van der Waals surface area (Å²) in [5.41, 5.74) is 2.40. The minimum absolute atomic E-state index is 0.0990. The first-order valence-corrected chi connectivity index (χ1v) is 6.60. The lowest BCUT2D eigenvalue weighted by Gasteiger charge is -2.17. The fourth-order valence-electron chi connectivity index (χ4n) is 1.42. The Kier molecular flexibility index (Phi) is 4.65. The number of carbonyl (C=O) groups is 1. The first-order chi connectivity index (χ1) is 7.82. The van der Waals surface area contributed by atoms with Crippen LogP contribution in [-0.4, -0.2) is 28.6 Å². The van der Waals surface area contributed by atoms with Gasteiger partial charge >= 0.3 is 0 Å². The van der Waals surface area contributed by atoms with E-state index in [1.165, 1.54) is 11.3 Å². The molecule has 0 saturated carbocycles. The van der Waals surface area contributed by atoms with Crippen LogP contribution >= 0.6 is 11.3 Å². The van der Waals surface area contributed by atoms with E-state index in [1.54, 1.807) is 12.4 Å². The SMILES string of the molecule is CC(O)CCNC(=O)c1scnc1C(C)(C)C. The van der Waals surface area contributed by atoms with Crippen LogP contribution < -0.4 is 5.32 Å². The maximum Gasteiger partial charge on any atom is 0.263 e. The molecule has 1 heterocycles. The third kappa shape index (κ3) is 4.09. The fourth-order valence-corrected chi connectivity index (χ4v) is 2.33. The summed E-state index contributed by atoms with van der Waals surface area (Å²) in [5.74, 6) is -0.0990. The van der Waals surface area contributed by atoms with E-state index in [2.05, 4.69) is 10.3 Å². The van der Waals surface area contributed by atoms with Crippen molar-refractivity contribution in [1.82, 2.24) is 10.3 Å². The molecule has 0 spiro atoms. The Morgan fingerprint density at radius 2 is 2.24 bits per heavy atom. The van der Waals surface area contributed by atoms with Crippen molar-refractivity contribution >= 4 is 17.2 Å². The number of thiazole rings is 1. The van der Waals surface area contributed by atoms with Gasteiger partial charge < -0.3 is 10.4 Å². The minimum atomic E-state index is -0.390. The molecule has 17 heavy (non-hydrogen) atoms. The van der Waals surface area contributed by atoms with Crippen molar-refractivity contribution in [3.05, 3.63) is 16.1 Å². The summed E-state index contributed by atoms with van der Waals surface area (Å²) in [6.07, 6.45) is 0.175. The Morgan fingerprint density at radius 3 is 2.76 bits per heavy atom. The third-order valence-corrected chi connectivity index (χ3v) is 3.16. The Bertz CT molecular complexity index is 380. The van der Waals surface area contributed by atoms with Crippen LogP contribution in [0.2, 0.25) is 0 Å². The molecular weight excluding hydrogens is 236 g/mol. The fraction of sp³-hybridized carbons (Fsp3) is 0.667. The highest BCUT2D eigenvalue weighted by Crippen LogP contribution is 2.26. The van der Waals surface area contributed by atoms with Crippen LogP contribution in [0.25, 0.3) is 0 Å². The molecule has 1 unspecified atom stereocenters. The van der Waals surface area contributed by atoms with Gasteiger partial charge in [-0.1, -0.05) is 20.8 Å². The smallest absolute Gasteiger partial charge is 0.263 e. The molecule has 0 aliphatic heterocycles.